The zero-order valence-electron chi connectivity index (χ0n) is 9.63. The van der Waals surface area contributed by atoms with E-state index in [0.717, 1.165) is 19.0 Å². The summed E-state index contributed by atoms with van der Waals surface area (Å²) in [6.07, 6.45) is 5.12. The standard InChI is InChI=1S/C10H18N6/c1-15-10(12-13-14-15)16(9-4-5-9)7-8-3-2-6-11-8/h8-9,11H,2-7H2,1H3. The van der Waals surface area contributed by atoms with Crippen LogP contribution in [0.3, 0.4) is 0 Å². The zero-order chi connectivity index (χ0) is 11.0. The molecule has 1 aliphatic carbocycles. The molecule has 1 aromatic rings. The third-order valence-electron chi connectivity index (χ3n) is 3.42. The summed E-state index contributed by atoms with van der Waals surface area (Å²) in [7, 11) is 1.91. The van der Waals surface area contributed by atoms with Crippen LogP contribution >= 0.6 is 0 Å². The van der Waals surface area contributed by atoms with Crippen molar-refractivity contribution in [3.05, 3.63) is 0 Å². The van der Waals surface area contributed by atoms with Crippen molar-refractivity contribution in [1.29, 1.82) is 0 Å². The van der Waals surface area contributed by atoms with E-state index in [2.05, 4.69) is 25.7 Å². The van der Waals surface area contributed by atoms with Gasteiger partial charge in [-0.05, 0) is 42.7 Å². The highest BCUT2D eigenvalue weighted by atomic mass is 15.6. The van der Waals surface area contributed by atoms with E-state index in [1.807, 2.05) is 7.05 Å². The van der Waals surface area contributed by atoms with E-state index < -0.39 is 0 Å². The number of rotatable bonds is 4. The van der Waals surface area contributed by atoms with Gasteiger partial charge in [0, 0.05) is 25.7 Å². The lowest BCUT2D eigenvalue weighted by Crippen LogP contribution is -2.40. The Labute approximate surface area is 95.0 Å². The SMILES string of the molecule is Cn1nnnc1N(CC1CCCN1)C1CC1. The van der Waals surface area contributed by atoms with Crippen LogP contribution in [0.2, 0.25) is 0 Å². The molecule has 1 saturated carbocycles. The molecule has 0 aromatic carbocycles. The van der Waals surface area contributed by atoms with E-state index in [-0.39, 0.29) is 0 Å². The van der Waals surface area contributed by atoms with Gasteiger partial charge < -0.3 is 10.2 Å². The van der Waals surface area contributed by atoms with Crippen molar-refractivity contribution in [3.63, 3.8) is 0 Å². The number of tetrazole rings is 1. The minimum atomic E-state index is 0.609. The maximum absolute atomic E-state index is 4.12. The number of anilines is 1. The summed E-state index contributed by atoms with van der Waals surface area (Å²) in [5.74, 6) is 0.913. The molecule has 2 aliphatic rings. The van der Waals surface area contributed by atoms with Crippen molar-refractivity contribution in [1.82, 2.24) is 25.5 Å². The first-order valence-corrected chi connectivity index (χ1v) is 6.07. The molecule has 6 nitrogen and oxygen atoms in total. The van der Waals surface area contributed by atoms with Crippen molar-refractivity contribution in [2.24, 2.45) is 7.05 Å². The van der Waals surface area contributed by atoms with E-state index >= 15 is 0 Å². The first-order chi connectivity index (χ1) is 7.84. The Balaban J connectivity index is 1.73. The van der Waals surface area contributed by atoms with E-state index in [4.69, 9.17) is 0 Å². The third kappa shape index (κ3) is 1.89. The number of hydrogen-bond donors (Lipinski definition) is 1. The quantitative estimate of drug-likeness (QED) is 0.773. The van der Waals surface area contributed by atoms with Crippen LogP contribution in [-0.2, 0) is 7.05 Å². The summed E-state index contributed by atoms with van der Waals surface area (Å²) in [4.78, 5) is 2.36. The Morgan fingerprint density at radius 1 is 1.44 bits per heavy atom. The van der Waals surface area contributed by atoms with Gasteiger partial charge in [0.2, 0.25) is 5.95 Å². The second-order valence-electron chi connectivity index (χ2n) is 4.78. The van der Waals surface area contributed by atoms with Gasteiger partial charge in [0.15, 0.2) is 0 Å². The maximum Gasteiger partial charge on any atom is 0.245 e. The zero-order valence-corrected chi connectivity index (χ0v) is 9.63. The molecular formula is C10H18N6. The fraction of sp³-hybridized carbons (Fsp3) is 0.900. The summed E-state index contributed by atoms with van der Waals surface area (Å²) in [6.45, 7) is 2.19. The van der Waals surface area contributed by atoms with Crippen LogP contribution in [0.4, 0.5) is 5.95 Å². The van der Waals surface area contributed by atoms with Gasteiger partial charge in [0.25, 0.3) is 0 Å². The predicted molar refractivity (Wildman–Crippen MR) is 60.2 cm³/mol. The molecule has 2 heterocycles. The van der Waals surface area contributed by atoms with Gasteiger partial charge >= 0.3 is 0 Å². The highest BCUT2D eigenvalue weighted by Gasteiger charge is 2.33. The van der Waals surface area contributed by atoms with E-state index in [1.165, 1.54) is 25.7 Å². The van der Waals surface area contributed by atoms with E-state index in [1.54, 1.807) is 4.68 Å². The highest BCUT2D eigenvalue weighted by Crippen LogP contribution is 2.30. The maximum atomic E-state index is 4.12. The van der Waals surface area contributed by atoms with Gasteiger partial charge in [-0.1, -0.05) is 5.10 Å². The van der Waals surface area contributed by atoms with Crippen molar-refractivity contribution in [2.75, 3.05) is 18.0 Å². The third-order valence-corrected chi connectivity index (χ3v) is 3.42. The molecule has 1 aliphatic heterocycles. The van der Waals surface area contributed by atoms with Crippen LogP contribution in [0.1, 0.15) is 25.7 Å². The second-order valence-corrected chi connectivity index (χ2v) is 4.78. The number of aryl methyl sites for hydroxylation is 1. The van der Waals surface area contributed by atoms with E-state index in [9.17, 15) is 0 Å². The molecule has 0 spiro atoms. The molecule has 2 fully saturated rings. The normalized spacial score (nSPS) is 24.9. The van der Waals surface area contributed by atoms with Gasteiger partial charge in [0.1, 0.15) is 0 Å². The smallest absolute Gasteiger partial charge is 0.245 e. The molecule has 1 unspecified atom stereocenters. The van der Waals surface area contributed by atoms with Gasteiger partial charge in [0.05, 0.1) is 0 Å². The second kappa shape index (κ2) is 4.01. The Morgan fingerprint density at radius 3 is 2.88 bits per heavy atom. The van der Waals surface area contributed by atoms with Crippen molar-refractivity contribution >= 4 is 5.95 Å². The molecule has 16 heavy (non-hydrogen) atoms. The van der Waals surface area contributed by atoms with Crippen molar-refractivity contribution in [3.8, 4) is 0 Å². The monoisotopic (exact) mass is 222 g/mol. The topological polar surface area (TPSA) is 58.9 Å². The molecule has 0 bridgehead atoms. The molecule has 1 aromatic heterocycles. The lowest BCUT2D eigenvalue weighted by atomic mass is 10.2. The molecule has 1 atom stereocenters. The lowest BCUT2D eigenvalue weighted by Gasteiger charge is -2.25. The Kier molecular flexibility index (Phi) is 2.51. The fourth-order valence-corrected chi connectivity index (χ4v) is 2.40. The van der Waals surface area contributed by atoms with Gasteiger partial charge in [-0.2, -0.15) is 0 Å². The predicted octanol–water partition coefficient (Wildman–Crippen LogP) is -0.0691. The molecule has 1 N–H and O–H groups in total. The van der Waals surface area contributed by atoms with Gasteiger partial charge in [-0.15, -0.1) is 0 Å². The molecular weight excluding hydrogens is 204 g/mol. The lowest BCUT2D eigenvalue weighted by molar-refractivity contribution is 0.562. The first kappa shape index (κ1) is 10.0. The minimum absolute atomic E-state index is 0.609. The van der Waals surface area contributed by atoms with Crippen LogP contribution in [0.25, 0.3) is 0 Å². The number of nitrogens with one attached hydrogen (secondary N) is 1. The number of hydrogen-bond acceptors (Lipinski definition) is 5. The molecule has 88 valence electrons. The molecule has 6 heteroatoms. The Morgan fingerprint density at radius 2 is 2.31 bits per heavy atom. The number of aromatic nitrogens is 4. The summed E-state index contributed by atoms with van der Waals surface area (Å²) in [5.41, 5.74) is 0. The molecule has 0 radical (unpaired) electrons. The Hall–Kier alpha value is -1.17. The summed E-state index contributed by atoms with van der Waals surface area (Å²) in [5, 5.41) is 15.3. The Bertz CT molecular complexity index is 352. The summed E-state index contributed by atoms with van der Waals surface area (Å²) in [6, 6.07) is 1.27. The highest BCUT2D eigenvalue weighted by molar-refractivity contribution is 5.33. The summed E-state index contributed by atoms with van der Waals surface area (Å²) >= 11 is 0. The minimum Gasteiger partial charge on any atom is -0.335 e. The molecule has 0 amide bonds. The molecule has 1 saturated heterocycles. The average molecular weight is 222 g/mol. The van der Waals surface area contributed by atoms with Crippen LogP contribution < -0.4 is 10.2 Å². The van der Waals surface area contributed by atoms with Gasteiger partial charge in [-0.25, -0.2) is 4.68 Å². The first-order valence-electron chi connectivity index (χ1n) is 6.07. The number of nitrogens with zero attached hydrogens (tertiary/aromatic N) is 5. The van der Waals surface area contributed by atoms with Crippen LogP contribution in [0, 0.1) is 0 Å². The largest absolute Gasteiger partial charge is 0.335 e. The van der Waals surface area contributed by atoms with Crippen LogP contribution in [0.5, 0.6) is 0 Å². The van der Waals surface area contributed by atoms with E-state index in [0.29, 0.717) is 12.1 Å². The van der Waals surface area contributed by atoms with Crippen molar-refractivity contribution in [2.45, 2.75) is 37.8 Å². The average Bonchev–Trinajstić information content (AvgIpc) is 2.82. The van der Waals surface area contributed by atoms with Crippen LogP contribution in [-0.4, -0.2) is 45.4 Å². The molecule has 3 rings (SSSR count). The van der Waals surface area contributed by atoms with Crippen LogP contribution in [0.15, 0.2) is 0 Å². The van der Waals surface area contributed by atoms with Crippen molar-refractivity contribution < 1.29 is 0 Å². The summed E-state index contributed by atoms with van der Waals surface area (Å²) < 4.78 is 1.77. The van der Waals surface area contributed by atoms with Gasteiger partial charge in [-0.3, -0.25) is 0 Å². The fourth-order valence-electron chi connectivity index (χ4n) is 2.40.